The fourth-order valence-electron chi connectivity index (χ4n) is 1.70. The molecule has 1 amide bonds. The van der Waals surface area contributed by atoms with E-state index >= 15 is 0 Å². The van der Waals surface area contributed by atoms with Crippen molar-refractivity contribution >= 4 is 40.8 Å². The maximum absolute atomic E-state index is 13.9. The predicted octanol–water partition coefficient (Wildman–Crippen LogP) is 4.08. The average Bonchev–Trinajstić information content (AvgIpc) is 2.37. The van der Waals surface area contributed by atoms with Crippen LogP contribution in [0.1, 0.15) is 20.7 Å². The maximum Gasteiger partial charge on any atom is 0.338 e. The molecule has 0 atom stereocenters. The molecule has 4 nitrogen and oxygen atoms in total. The lowest BCUT2D eigenvalue weighted by molar-refractivity contribution is 0.0692. The van der Waals surface area contributed by atoms with Gasteiger partial charge in [0.15, 0.2) is 0 Å². The Hall–Kier alpha value is -2.11. The summed E-state index contributed by atoms with van der Waals surface area (Å²) in [5, 5.41) is 11.8. The van der Waals surface area contributed by atoms with Crippen molar-refractivity contribution in [2.45, 2.75) is 0 Å². The molecule has 0 unspecified atom stereocenters. The molecule has 2 rings (SSSR count). The van der Waals surface area contributed by atoms with Crippen molar-refractivity contribution in [3.05, 3.63) is 63.4 Å². The van der Waals surface area contributed by atoms with Gasteiger partial charge in [-0.3, -0.25) is 4.79 Å². The summed E-state index contributed by atoms with van der Waals surface area (Å²) in [6, 6.07) is 7.89. The minimum absolute atomic E-state index is 0.276. The van der Waals surface area contributed by atoms with Crippen LogP contribution < -0.4 is 5.32 Å². The molecule has 0 saturated heterocycles. The number of nitrogens with one attached hydrogen (secondary N) is 1. The highest BCUT2D eigenvalue weighted by atomic mass is 35.5. The number of hydrogen-bond donors (Lipinski definition) is 2. The number of amides is 1. The summed E-state index contributed by atoms with van der Waals surface area (Å²) in [5.74, 6) is -3.35. The zero-order valence-corrected chi connectivity index (χ0v) is 11.9. The van der Waals surface area contributed by atoms with Crippen LogP contribution in [0.3, 0.4) is 0 Å². The van der Waals surface area contributed by atoms with Gasteiger partial charge in [-0.05, 0) is 30.3 Å². The molecule has 21 heavy (non-hydrogen) atoms. The fraction of sp³-hybridized carbons (Fsp3) is 0. The fourth-order valence-corrected chi connectivity index (χ4v) is 2.22. The summed E-state index contributed by atoms with van der Waals surface area (Å²) in [7, 11) is 0. The molecule has 0 spiro atoms. The number of carbonyl (C=O) groups excluding carboxylic acids is 1. The zero-order chi connectivity index (χ0) is 15.6. The normalized spacial score (nSPS) is 10.2. The van der Waals surface area contributed by atoms with Crippen LogP contribution in [-0.2, 0) is 0 Å². The van der Waals surface area contributed by atoms with E-state index in [0.717, 1.165) is 6.07 Å². The minimum Gasteiger partial charge on any atom is -0.478 e. The molecule has 0 radical (unpaired) electrons. The number of anilines is 1. The monoisotopic (exact) mass is 327 g/mol. The van der Waals surface area contributed by atoms with Gasteiger partial charge in [-0.15, -0.1) is 0 Å². The minimum atomic E-state index is -1.45. The third-order valence-corrected chi connectivity index (χ3v) is 3.03. The van der Waals surface area contributed by atoms with Gasteiger partial charge in [-0.25, -0.2) is 9.18 Å². The van der Waals surface area contributed by atoms with Crippen molar-refractivity contribution in [3.63, 3.8) is 0 Å². The molecule has 0 aliphatic carbocycles. The van der Waals surface area contributed by atoms with Gasteiger partial charge in [-0.1, -0.05) is 29.3 Å². The van der Waals surface area contributed by atoms with E-state index in [1.165, 1.54) is 30.3 Å². The number of hydrogen-bond acceptors (Lipinski definition) is 2. The second-order valence-corrected chi connectivity index (χ2v) is 4.96. The molecular formula is C14H8Cl2FNO3. The molecule has 0 aliphatic heterocycles. The summed E-state index contributed by atoms with van der Waals surface area (Å²) < 4.78 is 13.9. The van der Waals surface area contributed by atoms with E-state index in [2.05, 4.69) is 5.32 Å². The first-order valence-corrected chi connectivity index (χ1v) is 6.43. The van der Waals surface area contributed by atoms with Crippen LogP contribution in [0.2, 0.25) is 10.0 Å². The average molecular weight is 328 g/mol. The maximum atomic E-state index is 13.9. The van der Waals surface area contributed by atoms with E-state index in [4.69, 9.17) is 28.3 Å². The van der Waals surface area contributed by atoms with Gasteiger partial charge in [0.05, 0.1) is 11.1 Å². The molecule has 7 heteroatoms. The first-order chi connectivity index (χ1) is 9.88. The number of benzene rings is 2. The molecule has 0 saturated carbocycles. The molecular weight excluding hydrogens is 320 g/mol. The molecule has 0 fully saturated rings. The van der Waals surface area contributed by atoms with E-state index in [1.54, 1.807) is 0 Å². The number of carboxylic acids is 1. The Bertz CT molecular complexity index is 714. The summed E-state index contributed by atoms with van der Waals surface area (Å²) in [4.78, 5) is 22.8. The summed E-state index contributed by atoms with van der Waals surface area (Å²) >= 11 is 11.6. The number of carboxylic acid groups (broad SMARTS) is 1. The smallest absolute Gasteiger partial charge is 0.338 e. The van der Waals surface area contributed by atoms with Gasteiger partial charge in [0.25, 0.3) is 5.91 Å². The zero-order valence-electron chi connectivity index (χ0n) is 10.4. The van der Waals surface area contributed by atoms with Crippen LogP contribution in [0.5, 0.6) is 0 Å². The van der Waals surface area contributed by atoms with Crippen LogP contribution in [0.25, 0.3) is 0 Å². The first-order valence-electron chi connectivity index (χ1n) is 5.67. The van der Waals surface area contributed by atoms with Crippen molar-refractivity contribution in [2.75, 3.05) is 5.32 Å². The number of halogens is 3. The Morgan fingerprint density at radius 2 is 1.62 bits per heavy atom. The van der Waals surface area contributed by atoms with Gasteiger partial charge in [0, 0.05) is 15.7 Å². The van der Waals surface area contributed by atoms with Crippen molar-refractivity contribution in [2.24, 2.45) is 0 Å². The van der Waals surface area contributed by atoms with E-state index in [0.29, 0.717) is 10.0 Å². The molecule has 0 aliphatic rings. The number of carbonyl (C=O) groups is 2. The standard InChI is InChI=1S/C14H8Cl2FNO3/c15-7-4-8(16)6-9(5-7)18-13(19)10-2-1-3-11(12(10)17)14(20)21/h1-6H,(H,18,19)(H,20,21). The quantitative estimate of drug-likeness (QED) is 0.892. The van der Waals surface area contributed by atoms with Crippen LogP contribution in [0.4, 0.5) is 10.1 Å². The van der Waals surface area contributed by atoms with E-state index in [1.807, 2.05) is 0 Å². The highest BCUT2D eigenvalue weighted by Crippen LogP contribution is 2.23. The Labute approximate surface area is 129 Å². The molecule has 2 aromatic rings. The lowest BCUT2D eigenvalue weighted by Crippen LogP contribution is -2.16. The highest BCUT2D eigenvalue weighted by Gasteiger charge is 2.18. The van der Waals surface area contributed by atoms with E-state index in [-0.39, 0.29) is 11.3 Å². The summed E-state index contributed by atoms with van der Waals surface area (Å²) in [5.41, 5.74) is -0.685. The molecule has 108 valence electrons. The Morgan fingerprint density at radius 1 is 1.05 bits per heavy atom. The molecule has 2 N–H and O–H groups in total. The third kappa shape index (κ3) is 3.51. The van der Waals surface area contributed by atoms with E-state index in [9.17, 15) is 14.0 Å². The van der Waals surface area contributed by atoms with Crippen molar-refractivity contribution in [1.29, 1.82) is 0 Å². The van der Waals surface area contributed by atoms with E-state index < -0.39 is 23.3 Å². The van der Waals surface area contributed by atoms with Crippen molar-refractivity contribution < 1.29 is 19.1 Å². The number of rotatable bonds is 3. The molecule has 0 bridgehead atoms. The van der Waals surface area contributed by atoms with Crippen molar-refractivity contribution in [1.82, 2.24) is 0 Å². The molecule has 0 heterocycles. The van der Waals surface area contributed by atoms with Crippen LogP contribution in [0.15, 0.2) is 36.4 Å². The number of aromatic carboxylic acids is 1. The lowest BCUT2D eigenvalue weighted by Gasteiger charge is -2.08. The largest absolute Gasteiger partial charge is 0.478 e. The second kappa shape index (κ2) is 6.11. The third-order valence-electron chi connectivity index (χ3n) is 2.59. The molecule has 2 aromatic carbocycles. The molecule has 0 aromatic heterocycles. The first kappa shape index (κ1) is 15.3. The summed E-state index contributed by atoms with van der Waals surface area (Å²) in [6.07, 6.45) is 0. The second-order valence-electron chi connectivity index (χ2n) is 4.08. The van der Waals surface area contributed by atoms with Gasteiger partial charge in [0.2, 0.25) is 0 Å². The van der Waals surface area contributed by atoms with Gasteiger partial charge in [0.1, 0.15) is 5.82 Å². The Morgan fingerprint density at radius 3 is 2.19 bits per heavy atom. The Balaban J connectivity index is 2.33. The summed E-state index contributed by atoms with van der Waals surface area (Å²) in [6.45, 7) is 0. The van der Waals surface area contributed by atoms with Crippen molar-refractivity contribution in [3.8, 4) is 0 Å². The van der Waals surface area contributed by atoms with Gasteiger partial charge >= 0.3 is 5.97 Å². The predicted molar refractivity (Wildman–Crippen MR) is 77.8 cm³/mol. The lowest BCUT2D eigenvalue weighted by atomic mass is 10.1. The SMILES string of the molecule is O=C(O)c1cccc(C(=O)Nc2cc(Cl)cc(Cl)c2)c1F. The van der Waals surface area contributed by atoms with Crippen LogP contribution in [-0.4, -0.2) is 17.0 Å². The van der Waals surface area contributed by atoms with Crippen LogP contribution in [0, 0.1) is 5.82 Å². The topological polar surface area (TPSA) is 66.4 Å². The highest BCUT2D eigenvalue weighted by molar-refractivity contribution is 6.35. The van der Waals surface area contributed by atoms with Crippen LogP contribution >= 0.6 is 23.2 Å². The van der Waals surface area contributed by atoms with Gasteiger partial charge in [-0.2, -0.15) is 0 Å². The Kier molecular flexibility index (Phi) is 4.45. The van der Waals surface area contributed by atoms with Gasteiger partial charge < -0.3 is 10.4 Å².